The van der Waals surface area contributed by atoms with Gasteiger partial charge in [0.05, 0.1) is 0 Å². The quantitative estimate of drug-likeness (QED) is 0.823. The van der Waals surface area contributed by atoms with Crippen LogP contribution in [0.4, 0.5) is 4.79 Å². The lowest BCUT2D eigenvalue weighted by molar-refractivity contribution is 0.104. The molecule has 4 heteroatoms. The number of alkyl carbamates (subject to hydrolysis) is 1. The predicted molar refractivity (Wildman–Crippen MR) is 95.8 cm³/mol. The van der Waals surface area contributed by atoms with Crippen molar-refractivity contribution in [3.63, 3.8) is 0 Å². The molecule has 1 aromatic rings. The molecule has 2 unspecified atom stereocenters. The topological polar surface area (TPSA) is 41.6 Å². The second-order valence-corrected chi connectivity index (χ2v) is 7.33. The van der Waals surface area contributed by atoms with Gasteiger partial charge in [0.1, 0.15) is 6.61 Å². The average molecular weight is 330 g/mol. The second kappa shape index (κ2) is 8.52. The average Bonchev–Trinajstić information content (AvgIpc) is 3.44. The molecule has 0 radical (unpaired) electrons. The highest BCUT2D eigenvalue weighted by Gasteiger charge is 2.36. The molecule has 0 bridgehead atoms. The van der Waals surface area contributed by atoms with Gasteiger partial charge in [0.25, 0.3) is 0 Å². The molecule has 1 aliphatic heterocycles. The molecular formula is C20H30N2O2. The zero-order chi connectivity index (χ0) is 16.8. The maximum Gasteiger partial charge on any atom is 0.407 e. The third-order valence-electron chi connectivity index (χ3n) is 5.13. The first-order valence-corrected chi connectivity index (χ1v) is 9.46. The first-order chi connectivity index (χ1) is 11.7. The zero-order valence-corrected chi connectivity index (χ0v) is 14.7. The Morgan fingerprint density at radius 2 is 2.04 bits per heavy atom. The van der Waals surface area contributed by atoms with E-state index in [2.05, 4.69) is 17.1 Å². The van der Waals surface area contributed by atoms with Crippen LogP contribution in [0.3, 0.4) is 0 Å². The van der Waals surface area contributed by atoms with Crippen LogP contribution in [0.2, 0.25) is 0 Å². The molecule has 0 spiro atoms. The van der Waals surface area contributed by atoms with Crippen molar-refractivity contribution in [2.75, 3.05) is 13.1 Å². The molecule has 24 heavy (non-hydrogen) atoms. The van der Waals surface area contributed by atoms with Crippen LogP contribution in [0.1, 0.15) is 51.0 Å². The number of hydrogen-bond donors (Lipinski definition) is 1. The van der Waals surface area contributed by atoms with E-state index in [0.29, 0.717) is 12.5 Å². The molecule has 2 fully saturated rings. The smallest absolute Gasteiger partial charge is 0.407 e. The second-order valence-electron chi connectivity index (χ2n) is 7.33. The maximum atomic E-state index is 12.1. The standard InChI is InChI=1S/C20H30N2O2/c1-2-3-7-17-12-18(14-22(13-17)19-10-11-19)21-20(23)24-15-16-8-5-4-6-9-16/h4-6,8-9,17-19H,2-3,7,10-15H2,1H3,(H,21,23). The van der Waals surface area contributed by atoms with Gasteiger partial charge >= 0.3 is 6.09 Å². The molecule has 1 saturated carbocycles. The first kappa shape index (κ1) is 17.3. The van der Waals surface area contributed by atoms with Crippen LogP contribution in [-0.2, 0) is 11.3 Å². The van der Waals surface area contributed by atoms with Gasteiger partial charge < -0.3 is 10.1 Å². The lowest BCUT2D eigenvalue weighted by Crippen LogP contribution is -2.51. The molecule has 1 aromatic carbocycles. The van der Waals surface area contributed by atoms with Gasteiger partial charge in [-0.25, -0.2) is 4.79 Å². The van der Waals surface area contributed by atoms with E-state index in [-0.39, 0.29) is 12.1 Å². The first-order valence-electron chi connectivity index (χ1n) is 9.46. The number of nitrogens with one attached hydrogen (secondary N) is 1. The Kier molecular flexibility index (Phi) is 6.13. The van der Waals surface area contributed by atoms with Crippen molar-refractivity contribution in [1.82, 2.24) is 10.2 Å². The lowest BCUT2D eigenvalue weighted by atomic mass is 9.90. The Hall–Kier alpha value is -1.55. The summed E-state index contributed by atoms with van der Waals surface area (Å²) in [5.41, 5.74) is 1.02. The number of piperidine rings is 1. The van der Waals surface area contributed by atoms with Gasteiger partial charge in [-0.1, -0.05) is 50.1 Å². The van der Waals surface area contributed by atoms with E-state index in [1.165, 1.54) is 38.6 Å². The normalized spacial score (nSPS) is 24.5. The molecule has 2 aliphatic rings. The fourth-order valence-electron chi connectivity index (χ4n) is 3.72. The molecule has 3 rings (SSSR count). The van der Waals surface area contributed by atoms with Crippen LogP contribution in [0.15, 0.2) is 30.3 Å². The molecule has 132 valence electrons. The molecule has 0 aromatic heterocycles. The van der Waals surface area contributed by atoms with Crippen LogP contribution in [0.5, 0.6) is 0 Å². The molecule has 2 atom stereocenters. The molecule has 1 N–H and O–H groups in total. The van der Waals surface area contributed by atoms with Gasteiger partial charge in [0, 0.05) is 25.2 Å². The minimum Gasteiger partial charge on any atom is -0.445 e. The van der Waals surface area contributed by atoms with E-state index >= 15 is 0 Å². The number of unbranched alkanes of at least 4 members (excludes halogenated alkanes) is 1. The number of amides is 1. The van der Waals surface area contributed by atoms with Gasteiger partial charge in [-0.3, -0.25) is 4.90 Å². The maximum absolute atomic E-state index is 12.1. The number of carbonyl (C=O) groups excluding carboxylic acids is 1. The van der Waals surface area contributed by atoms with Crippen molar-refractivity contribution in [3.8, 4) is 0 Å². The SMILES string of the molecule is CCCCC1CC(NC(=O)OCc2ccccc2)CN(C2CC2)C1. The highest BCUT2D eigenvalue weighted by atomic mass is 16.5. The van der Waals surface area contributed by atoms with E-state index in [1.54, 1.807) is 0 Å². The summed E-state index contributed by atoms with van der Waals surface area (Å²) in [7, 11) is 0. The van der Waals surface area contributed by atoms with Crippen molar-refractivity contribution in [1.29, 1.82) is 0 Å². The largest absolute Gasteiger partial charge is 0.445 e. The Balaban J connectivity index is 1.47. The summed E-state index contributed by atoms with van der Waals surface area (Å²) in [4.78, 5) is 14.7. The van der Waals surface area contributed by atoms with E-state index < -0.39 is 0 Å². The Morgan fingerprint density at radius 3 is 2.75 bits per heavy atom. The van der Waals surface area contributed by atoms with Gasteiger partial charge in [0.15, 0.2) is 0 Å². The van der Waals surface area contributed by atoms with E-state index in [9.17, 15) is 4.79 Å². The van der Waals surface area contributed by atoms with Crippen LogP contribution in [0, 0.1) is 5.92 Å². The number of nitrogens with zero attached hydrogens (tertiary/aromatic N) is 1. The summed E-state index contributed by atoms with van der Waals surface area (Å²) in [5, 5.41) is 3.11. The molecule has 1 saturated heterocycles. The fourth-order valence-corrected chi connectivity index (χ4v) is 3.72. The summed E-state index contributed by atoms with van der Waals surface area (Å²) in [5.74, 6) is 0.707. The molecular weight excluding hydrogens is 300 g/mol. The molecule has 1 amide bonds. The number of ether oxygens (including phenoxy) is 1. The summed E-state index contributed by atoms with van der Waals surface area (Å²) >= 11 is 0. The van der Waals surface area contributed by atoms with E-state index in [4.69, 9.17) is 4.74 Å². The van der Waals surface area contributed by atoms with Gasteiger partial charge in [-0.05, 0) is 37.2 Å². The zero-order valence-electron chi connectivity index (χ0n) is 14.7. The van der Waals surface area contributed by atoms with Gasteiger partial charge in [0.2, 0.25) is 0 Å². The number of carbonyl (C=O) groups is 1. The van der Waals surface area contributed by atoms with E-state index in [1.807, 2.05) is 30.3 Å². The monoisotopic (exact) mass is 330 g/mol. The number of hydrogen-bond acceptors (Lipinski definition) is 3. The van der Waals surface area contributed by atoms with Crippen molar-refractivity contribution in [3.05, 3.63) is 35.9 Å². The molecule has 4 nitrogen and oxygen atoms in total. The van der Waals surface area contributed by atoms with Crippen molar-refractivity contribution in [2.45, 2.75) is 64.1 Å². The van der Waals surface area contributed by atoms with Crippen LogP contribution in [0.25, 0.3) is 0 Å². The summed E-state index contributed by atoms with van der Waals surface area (Å²) in [6.45, 7) is 4.78. The van der Waals surface area contributed by atoms with E-state index in [0.717, 1.165) is 24.6 Å². The summed E-state index contributed by atoms with van der Waals surface area (Å²) in [6.07, 6.45) is 7.26. The number of benzene rings is 1. The molecule has 1 aliphatic carbocycles. The fraction of sp³-hybridized carbons (Fsp3) is 0.650. The third-order valence-corrected chi connectivity index (χ3v) is 5.13. The Labute approximate surface area is 145 Å². The number of rotatable bonds is 7. The van der Waals surface area contributed by atoms with Crippen molar-refractivity contribution < 1.29 is 9.53 Å². The Morgan fingerprint density at radius 1 is 1.25 bits per heavy atom. The van der Waals surface area contributed by atoms with Crippen LogP contribution < -0.4 is 5.32 Å². The molecule has 1 heterocycles. The summed E-state index contributed by atoms with van der Waals surface area (Å²) in [6, 6.07) is 10.8. The third kappa shape index (κ3) is 5.23. The highest BCUT2D eigenvalue weighted by molar-refractivity contribution is 5.67. The Bertz CT molecular complexity index is 516. The van der Waals surface area contributed by atoms with Crippen LogP contribution >= 0.6 is 0 Å². The van der Waals surface area contributed by atoms with Crippen molar-refractivity contribution in [2.24, 2.45) is 5.92 Å². The van der Waals surface area contributed by atoms with Crippen molar-refractivity contribution >= 4 is 6.09 Å². The van der Waals surface area contributed by atoms with Gasteiger partial charge in [-0.15, -0.1) is 0 Å². The predicted octanol–water partition coefficient (Wildman–Crippen LogP) is 3.96. The van der Waals surface area contributed by atoms with Crippen LogP contribution in [-0.4, -0.2) is 36.2 Å². The van der Waals surface area contributed by atoms with Gasteiger partial charge in [-0.2, -0.15) is 0 Å². The highest BCUT2D eigenvalue weighted by Crippen LogP contribution is 2.32. The number of likely N-dealkylation sites (tertiary alicyclic amines) is 1. The lowest BCUT2D eigenvalue weighted by Gasteiger charge is -2.38. The minimum absolute atomic E-state index is 0.226. The minimum atomic E-state index is -0.282. The summed E-state index contributed by atoms with van der Waals surface area (Å²) < 4.78 is 5.39.